The van der Waals surface area contributed by atoms with Crippen LogP contribution in [0.4, 0.5) is 11.4 Å². The molecule has 20 heavy (non-hydrogen) atoms. The number of aromatic nitrogens is 1. The van der Waals surface area contributed by atoms with Crippen LogP contribution >= 0.6 is 23.2 Å². The number of hydrogen-bond acceptors (Lipinski definition) is 3. The minimum Gasteiger partial charge on any atom is -0.376 e. The summed E-state index contributed by atoms with van der Waals surface area (Å²) in [7, 11) is 3.82. The predicted molar refractivity (Wildman–Crippen MR) is 83.0 cm³/mol. The van der Waals surface area contributed by atoms with Gasteiger partial charge in [-0.05, 0) is 24.3 Å². The third kappa shape index (κ3) is 3.40. The summed E-state index contributed by atoms with van der Waals surface area (Å²) in [6, 6.07) is 10.5. The lowest BCUT2D eigenvalue weighted by molar-refractivity contribution is 0.102. The van der Waals surface area contributed by atoms with Gasteiger partial charge in [0.15, 0.2) is 0 Å². The van der Waals surface area contributed by atoms with Gasteiger partial charge >= 0.3 is 0 Å². The number of carbonyl (C=O) groups excluding carboxylic acids is 1. The van der Waals surface area contributed by atoms with Gasteiger partial charge in [-0.15, -0.1) is 0 Å². The van der Waals surface area contributed by atoms with E-state index in [1.54, 1.807) is 0 Å². The minimum absolute atomic E-state index is 0.184. The van der Waals surface area contributed by atoms with Crippen molar-refractivity contribution in [3.05, 3.63) is 52.3 Å². The highest BCUT2D eigenvalue weighted by Gasteiger charge is 2.11. The van der Waals surface area contributed by atoms with Gasteiger partial charge in [-0.2, -0.15) is 0 Å². The topological polar surface area (TPSA) is 45.2 Å². The van der Waals surface area contributed by atoms with Crippen LogP contribution < -0.4 is 10.2 Å². The Morgan fingerprint density at radius 1 is 1.15 bits per heavy atom. The van der Waals surface area contributed by atoms with E-state index in [-0.39, 0.29) is 16.2 Å². The maximum atomic E-state index is 12.2. The summed E-state index contributed by atoms with van der Waals surface area (Å²) in [5, 5.41) is 3.20. The van der Waals surface area contributed by atoms with E-state index in [0.717, 1.165) is 5.69 Å². The Morgan fingerprint density at radius 2 is 1.75 bits per heavy atom. The smallest absolute Gasteiger partial charge is 0.255 e. The second-order valence-corrected chi connectivity index (χ2v) is 5.14. The fraction of sp³-hybridized carbons (Fsp3) is 0.143. The van der Waals surface area contributed by atoms with Gasteiger partial charge in [0.1, 0.15) is 10.3 Å². The molecule has 0 fully saturated rings. The molecule has 1 aromatic carbocycles. The van der Waals surface area contributed by atoms with Gasteiger partial charge in [-0.3, -0.25) is 4.79 Å². The zero-order valence-corrected chi connectivity index (χ0v) is 12.5. The number of amides is 1. The molecule has 1 heterocycles. The van der Waals surface area contributed by atoms with Crippen LogP contribution in [0.5, 0.6) is 0 Å². The summed E-state index contributed by atoms with van der Waals surface area (Å²) in [5.41, 5.74) is 1.99. The summed E-state index contributed by atoms with van der Waals surface area (Å²) in [4.78, 5) is 17.9. The summed E-state index contributed by atoms with van der Waals surface area (Å²) in [6.07, 6.45) is 0. The molecule has 1 N–H and O–H groups in total. The van der Waals surface area contributed by atoms with Gasteiger partial charge in [0, 0.05) is 19.7 Å². The largest absolute Gasteiger partial charge is 0.376 e. The van der Waals surface area contributed by atoms with Crippen molar-refractivity contribution in [2.75, 3.05) is 24.3 Å². The van der Waals surface area contributed by atoms with Crippen LogP contribution in [0.2, 0.25) is 10.3 Å². The second-order valence-electron chi connectivity index (χ2n) is 4.37. The fourth-order valence-electron chi connectivity index (χ4n) is 1.76. The Kier molecular flexibility index (Phi) is 4.47. The molecular formula is C14H13Cl2N3O. The van der Waals surface area contributed by atoms with Crippen molar-refractivity contribution in [1.82, 2.24) is 4.98 Å². The highest BCUT2D eigenvalue weighted by molar-refractivity contribution is 6.33. The molecule has 104 valence electrons. The first kappa shape index (κ1) is 14.6. The normalized spacial score (nSPS) is 10.2. The zero-order chi connectivity index (χ0) is 14.7. The molecule has 2 aromatic rings. The van der Waals surface area contributed by atoms with Gasteiger partial charge in [0.25, 0.3) is 5.91 Å². The van der Waals surface area contributed by atoms with Crippen LogP contribution in [0, 0.1) is 0 Å². The number of anilines is 2. The molecule has 0 unspecified atom stereocenters. The number of para-hydroxylation sites is 2. The summed E-state index contributed by atoms with van der Waals surface area (Å²) in [5.74, 6) is -0.287. The molecular weight excluding hydrogens is 297 g/mol. The first-order valence-corrected chi connectivity index (χ1v) is 6.64. The standard InChI is InChI=1S/C14H13Cl2N3O/c1-19(2)11-6-4-3-5-10(11)17-14(20)9-7-12(15)18-13(16)8-9/h3-8H,1-2H3,(H,17,20). The molecule has 0 spiro atoms. The molecule has 1 amide bonds. The maximum Gasteiger partial charge on any atom is 0.255 e. The lowest BCUT2D eigenvalue weighted by Crippen LogP contribution is -2.16. The first-order chi connectivity index (χ1) is 9.47. The summed E-state index contributed by atoms with van der Waals surface area (Å²) < 4.78 is 0. The first-order valence-electron chi connectivity index (χ1n) is 5.88. The van der Waals surface area contributed by atoms with Gasteiger partial charge in [0.2, 0.25) is 0 Å². The predicted octanol–water partition coefficient (Wildman–Crippen LogP) is 3.71. The number of halogens is 2. The Labute approximate surface area is 127 Å². The molecule has 0 radical (unpaired) electrons. The van der Waals surface area contributed by atoms with E-state index < -0.39 is 0 Å². The molecule has 2 rings (SSSR count). The van der Waals surface area contributed by atoms with Gasteiger partial charge in [-0.1, -0.05) is 35.3 Å². The van der Waals surface area contributed by atoms with Crippen molar-refractivity contribution in [2.45, 2.75) is 0 Å². The van der Waals surface area contributed by atoms with Crippen molar-refractivity contribution >= 4 is 40.5 Å². The van der Waals surface area contributed by atoms with E-state index in [1.807, 2.05) is 43.3 Å². The zero-order valence-electron chi connectivity index (χ0n) is 11.0. The summed E-state index contributed by atoms with van der Waals surface area (Å²) >= 11 is 11.6. The van der Waals surface area contributed by atoms with E-state index in [4.69, 9.17) is 23.2 Å². The Bertz CT molecular complexity index is 624. The summed E-state index contributed by atoms with van der Waals surface area (Å²) in [6.45, 7) is 0. The third-order valence-corrected chi connectivity index (χ3v) is 3.05. The molecule has 1 aromatic heterocycles. The van der Waals surface area contributed by atoms with Gasteiger partial charge in [-0.25, -0.2) is 4.98 Å². The van der Waals surface area contributed by atoms with Crippen LogP contribution in [0.3, 0.4) is 0 Å². The lowest BCUT2D eigenvalue weighted by atomic mass is 10.2. The number of carbonyl (C=O) groups is 1. The third-order valence-electron chi connectivity index (χ3n) is 2.66. The quantitative estimate of drug-likeness (QED) is 0.879. The number of hydrogen-bond donors (Lipinski definition) is 1. The van der Waals surface area contributed by atoms with Crippen LogP contribution in [-0.4, -0.2) is 25.0 Å². The molecule has 6 heteroatoms. The van der Waals surface area contributed by atoms with E-state index >= 15 is 0 Å². The van der Waals surface area contributed by atoms with E-state index in [1.165, 1.54) is 12.1 Å². The SMILES string of the molecule is CN(C)c1ccccc1NC(=O)c1cc(Cl)nc(Cl)c1. The van der Waals surface area contributed by atoms with Crippen LogP contribution in [0.1, 0.15) is 10.4 Å². The Morgan fingerprint density at radius 3 is 2.35 bits per heavy atom. The van der Waals surface area contributed by atoms with Crippen LogP contribution in [-0.2, 0) is 0 Å². The van der Waals surface area contributed by atoms with Crippen molar-refractivity contribution in [3.8, 4) is 0 Å². The van der Waals surface area contributed by atoms with E-state index in [0.29, 0.717) is 11.3 Å². The molecule has 4 nitrogen and oxygen atoms in total. The average molecular weight is 310 g/mol. The average Bonchev–Trinajstić information content (AvgIpc) is 2.37. The Hall–Kier alpha value is -1.78. The molecule has 0 aliphatic carbocycles. The number of nitrogens with one attached hydrogen (secondary N) is 1. The van der Waals surface area contributed by atoms with Gasteiger partial charge in [0.05, 0.1) is 11.4 Å². The van der Waals surface area contributed by atoms with Gasteiger partial charge < -0.3 is 10.2 Å². The minimum atomic E-state index is -0.287. The molecule has 0 saturated carbocycles. The highest BCUT2D eigenvalue weighted by Crippen LogP contribution is 2.24. The van der Waals surface area contributed by atoms with Crippen LogP contribution in [0.25, 0.3) is 0 Å². The lowest BCUT2D eigenvalue weighted by Gasteiger charge is -2.17. The van der Waals surface area contributed by atoms with E-state index in [2.05, 4.69) is 10.3 Å². The second kappa shape index (κ2) is 6.11. The fourth-order valence-corrected chi connectivity index (χ4v) is 2.22. The monoisotopic (exact) mass is 309 g/mol. The molecule has 0 saturated heterocycles. The molecule has 0 aliphatic heterocycles. The number of pyridine rings is 1. The van der Waals surface area contributed by atoms with Crippen molar-refractivity contribution in [2.24, 2.45) is 0 Å². The molecule has 0 aliphatic rings. The van der Waals surface area contributed by atoms with Crippen molar-refractivity contribution in [1.29, 1.82) is 0 Å². The number of nitrogens with zero attached hydrogens (tertiary/aromatic N) is 2. The van der Waals surface area contributed by atoms with Crippen LogP contribution in [0.15, 0.2) is 36.4 Å². The molecule has 0 bridgehead atoms. The van der Waals surface area contributed by atoms with Crippen molar-refractivity contribution < 1.29 is 4.79 Å². The molecule has 0 atom stereocenters. The maximum absolute atomic E-state index is 12.2. The Balaban J connectivity index is 2.28. The highest BCUT2D eigenvalue weighted by atomic mass is 35.5. The number of benzene rings is 1. The van der Waals surface area contributed by atoms with Crippen molar-refractivity contribution in [3.63, 3.8) is 0 Å². The number of rotatable bonds is 3. The van der Waals surface area contributed by atoms with E-state index in [9.17, 15) is 4.79 Å².